The van der Waals surface area contributed by atoms with E-state index in [1.54, 1.807) is 0 Å². The first kappa shape index (κ1) is 99.1. The summed E-state index contributed by atoms with van der Waals surface area (Å²) in [4.78, 5) is 72.9. The first-order valence-electron chi connectivity index (χ1n) is 42.5. The fourth-order valence-corrected chi connectivity index (χ4v) is 14.3. The molecule has 0 heterocycles. The summed E-state index contributed by atoms with van der Waals surface area (Å²) >= 11 is 0. The van der Waals surface area contributed by atoms with Crippen molar-refractivity contribution in [3.05, 3.63) is 0 Å². The molecule has 0 spiro atoms. The number of rotatable bonds is 81. The number of carbonyl (C=O) groups excluding carboxylic acids is 4. The highest BCUT2D eigenvalue weighted by Crippen LogP contribution is 2.45. The molecule has 0 aromatic rings. The van der Waals surface area contributed by atoms with Gasteiger partial charge in [-0.05, 0) is 37.5 Å². The molecule has 0 radical (unpaired) electrons. The lowest BCUT2D eigenvalue weighted by atomic mass is 9.99. The highest BCUT2D eigenvalue weighted by molar-refractivity contribution is 7.47. The van der Waals surface area contributed by atoms with Crippen molar-refractivity contribution in [1.29, 1.82) is 0 Å². The zero-order valence-electron chi connectivity index (χ0n) is 66.2. The second-order valence-corrected chi connectivity index (χ2v) is 33.1. The summed E-state index contributed by atoms with van der Waals surface area (Å²) in [6.45, 7) is 9.62. The third-order valence-electron chi connectivity index (χ3n) is 19.6. The van der Waals surface area contributed by atoms with Crippen LogP contribution in [0.5, 0.6) is 0 Å². The van der Waals surface area contributed by atoms with Gasteiger partial charge in [-0.1, -0.05) is 382 Å². The smallest absolute Gasteiger partial charge is 0.462 e. The van der Waals surface area contributed by atoms with Crippen molar-refractivity contribution < 1.29 is 80.2 Å². The average Bonchev–Trinajstić information content (AvgIpc) is 0.932. The summed E-state index contributed by atoms with van der Waals surface area (Å²) in [6, 6.07) is 0. The number of phosphoric ester groups is 2. The Hall–Kier alpha value is -1.94. The van der Waals surface area contributed by atoms with Gasteiger partial charge in [-0.15, -0.1) is 0 Å². The number of aliphatic hydroxyl groups excluding tert-OH is 1. The Kier molecular flexibility index (Phi) is 72.2. The Morgan fingerprint density at radius 2 is 0.505 bits per heavy atom. The molecular formula is C82H160O17P2. The van der Waals surface area contributed by atoms with E-state index in [1.165, 1.54) is 238 Å². The van der Waals surface area contributed by atoms with Gasteiger partial charge in [0.1, 0.15) is 19.3 Å². The maximum absolute atomic E-state index is 13.1. The minimum Gasteiger partial charge on any atom is -0.462 e. The van der Waals surface area contributed by atoms with Gasteiger partial charge in [0.25, 0.3) is 0 Å². The van der Waals surface area contributed by atoms with Crippen LogP contribution in [0.1, 0.15) is 433 Å². The van der Waals surface area contributed by atoms with Gasteiger partial charge in [-0.2, -0.15) is 0 Å². The van der Waals surface area contributed by atoms with Crippen LogP contribution in [0, 0.1) is 11.8 Å². The second-order valence-electron chi connectivity index (χ2n) is 30.2. The Bertz CT molecular complexity index is 1940. The summed E-state index contributed by atoms with van der Waals surface area (Å²) in [5, 5.41) is 10.6. The molecule has 0 amide bonds. The lowest BCUT2D eigenvalue weighted by Gasteiger charge is -2.21. The van der Waals surface area contributed by atoms with Crippen LogP contribution < -0.4 is 0 Å². The quantitative estimate of drug-likeness (QED) is 0.0222. The largest absolute Gasteiger partial charge is 0.472 e. The van der Waals surface area contributed by atoms with Crippen molar-refractivity contribution >= 4 is 39.5 Å². The highest BCUT2D eigenvalue weighted by atomic mass is 31.2. The summed E-state index contributed by atoms with van der Waals surface area (Å²) < 4.78 is 68.6. The van der Waals surface area contributed by atoms with Crippen molar-refractivity contribution in [3.8, 4) is 0 Å². The van der Waals surface area contributed by atoms with E-state index in [2.05, 4.69) is 41.5 Å². The van der Waals surface area contributed by atoms with Crippen molar-refractivity contribution in [3.63, 3.8) is 0 Å². The number of phosphoric acid groups is 2. The molecular weight excluding hydrogens is 1320 g/mol. The number of esters is 4. The number of carbonyl (C=O) groups is 4. The molecule has 6 atom stereocenters. The maximum Gasteiger partial charge on any atom is 0.472 e. The Balaban J connectivity index is 5.15. The molecule has 0 aromatic carbocycles. The predicted octanol–water partition coefficient (Wildman–Crippen LogP) is 24.7. The van der Waals surface area contributed by atoms with Gasteiger partial charge in [0.15, 0.2) is 12.2 Å². The average molecular weight is 1480 g/mol. The third kappa shape index (κ3) is 74.7. The zero-order valence-corrected chi connectivity index (χ0v) is 68.0. The molecule has 0 aliphatic heterocycles. The van der Waals surface area contributed by atoms with Crippen LogP contribution >= 0.6 is 15.6 Å². The van der Waals surface area contributed by atoms with Crippen LogP contribution in [0.15, 0.2) is 0 Å². The maximum atomic E-state index is 13.1. The molecule has 0 fully saturated rings. The first-order valence-corrected chi connectivity index (χ1v) is 45.5. The van der Waals surface area contributed by atoms with Gasteiger partial charge in [-0.3, -0.25) is 37.3 Å². The van der Waals surface area contributed by atoms with Gasteiger partial charge >= 0.3 is 39.5 Å². The van der Waals surface area contributed by atoms with Crippen LogP contribution in [0.2, 0.25) is 0 Å². The molecule has 101 heavy (non-hydrogen) atoms. The second kappa shape index (κ2) is 73.6. The van der Waals surface area contributed by atoms with Crippen LogP contribution in [0.3, 0.4) is 0 Å². The fraction of sp³-hybridized carbons (Fsp3) is 0.951. The minimum atomic E-state index is -4.96. The molecule has 19 heteroatoms. The molecule has 0 aromatic heterocycles. The van der Waals surface area contributed by atoms with E-state index in [0.29, 0.717) is 25.7 Å². The predicted molar refractivity (Wildman–Crippen MR) is 414 cm³/mol. The molecule has 0 saturated carbocycles. The van der Waals surface area contributed by atoms with E-state index >= 15 is 0 Å². The van der Waals surface area contributed by atoms with Crippen molar-refractivity contribution in [2.24, 2.45) is 11.8 Å². The molecule has 0 aliphatic rings. The van der Waals surface area contributed by atoms with Gasteiger partial charge in [0.2, 0.25) is 0 Å². The highest BCUT2D eigenvalue weighted by Gasteiger charge is 2.30. The number of aliphatic hydroxyl groups is 1. The van der Waals surface area contributed by atoms with Gasteiger partial charge in [0.05, 0.1) is 26.4 Å². The first-order chi connectivity index (χ1) is 48.9. The topological polar surface area (TPSA) is 237 Å². The number of hydrogen-bond donors (Lipinski definition) is 3. The number of unbranched alkanes of at least 4 members (excludes halogenated alkanes) is 50. The zero-order chi connectivity index (χ0) is 74.2. The Morgan fingerprint density at radius 1 is 0.287 bits per heavy atom. The van der Waals surface area contributed by atoms with E-state index in [4.69, 9.17) is 37.0 Å². The van der Waals surface area contributed by atoms with Crippen molar-refractivity contribution in [2.45, 2.75) is 452 Å². The van der Waals surface area contributed by atoms with E-state index in [-0.39, 0.29) is 25.7 Å². The van der Waals surface area contributed by atoms with Crippen LogP contribution in [-0.4, -0.2) is 96.7 Å². The fourth-order valence-electron chi connectivity index (χ4n) is 12.7. The summed E-state index contributed by atoms with van der Waals surface area (Å²) in [5.41, 5.74) is 0. The normalized spacial score (nSPS) is 14.2. The lowest BCUT2D eigenvalue weighted by molar-refractivity contribution is -0.161. The van der Waals surface area contributed by atoms with Crippen molar-refractivity contribution in [1.82, 2.24) is 0 Å². The molecule has 0 aliphatic carbocycles. The summed E-state index contributed by atoms with van der Waals surface area (Å²) in [6.07, 6.45) is 64.2. The lowest BCUT2D eigenvalue weighted by Crippen LogP contribution is -2.30. The molecule has 3 unspecified atom stereocenters. The van der Waals surface area contributed by atoms with E-state index in [9.17, 15) is 43.2 Å². The van der Waals surface area contributed by atoms with Crippen LogP contribution in [-0.2, 0) is 65.4 Å². The molecule has 0 bridgehead atoms. The Morgan fingerprint density at radius 3 is 0.752 bits per heavy atom. The van der Waals surface area contributed by atoms with E-state index < -0.39 is 97.5 Å². The monoisotopic (exact) mass is 1480 g/mol. The van der Waals surface area contributed by atoms with Crippen LogP contribution in [0.25, 0.3) is 0 Å². The summed E-state index contributed by atoms with van der Waals surface area (Å²) in [5.74, 6) is -0.525. The summed E-state index contributed by atoms with van der Waals surface area (Å²) in [7, 11) is -9.91. The molecule has 17 nitrogen and oxygen atoms in total. The number of ether oxygens (including phenoxy) is 4. The van der Waals surface area contributed by atoms with E-state index in [1.807, 2.05) is 0 Å². The van der Waals surface area contributed by atoms with Crippen molar-refractivity contribution in [2.75, 3.05) is 39.6 Å². The standard InChI is InChI=1S/C82H160O17P2/c1-7-10-12-14-16-17-18-19-20-21-22-23-24-28-31-34-37-40-47-53-59-65-80(85)93-71-78(98-81(86)66-60-54-48-41-38-35-32-29-26-25-27-30-33-36-39-45-50-56-62-74(4)5)73-97-101(90,91)95-69-76(83)68-94-100(88,89)96-72-77(70-92-79(84)64-58-52-44-15-13-11-8-2)99-82(87)67-61-55-49-43-42-46-51-57-63-75(6)9-3/h74-78,83H,7-73H2,1-6H3,(H,88,89)(H,90,91)/t75?,76-,77+,78+/m0/s1. The minimum absolute atomic E-state index is 0.105. The van der Waals surface area contributed by atoms with E-state index in [0.717, 1.165) is 115 Å². The molecule has 0 saturated heterocycles. The molecule has 0 rings (SSSR count). The SMILES string of the molecule is CCCCCCCCCCCCCCCCCCCCCCCC(=O)OC[C@H](COP(=O)(O)OC[C@@H](O)COP(=O)(O)OC[C@@H](COC(=O)CCCCCCCCC)OC(=O)CCCCCCCCCCC(C)CC)OC(=O)CCCCCCCCCCCCCCCCCCCCC(C)C. The number of hydrogen-bond acceptors (Lipinski definition) is 15. The van der Waals surface area contributed by atoms with Gasteiger partial charge < -0.3 is 33.8 Å². The Labute approximate surface area is 619 Å². The van der Waals surface area contributed by atoms with Gasteiger partial charge in [0, 0.05) is 25.7 Å². The molecule has 600 valence electrons. The van der Waals surface area contributed by atoms with Gasteiger partial charge in [-0.25, -0.2) is 9.13 Å². The van der Waals surface area contributed by atoms with Crippen LogP contribution in [0.4, 0.5) is 0 Å². The molecule has 3 N–H and O–H groups in total. The third-order valence-corrected chi connectivity index (χ3v) is 21.5.